The summed E-state index contributed by atoms with van der Waals surface area (Å²) in [5.74, 6) is 0. The fourth-order valence-corrected chi connectivity index (χ4v) is 0.726. The quantitative estimate of drug-likeness (QED) is 0.183. The van der Waals surface area contributed by atoms with Crippen LogP contribution in [0, 0.1) is 20.2 Å². The maximum atomic E-state index is 10.2. The minimum atomic E-state index is -1.82. The number of hydrogen-bond donors (Lipinski definition) is 0. The highest BCUT2D eigenvalue weighted by Gasteiger charge is 2.31. The zero-order chi connectivity index (χ0) is 11.7. The summed E-state index contributed by atoms with van der Waals surface area (Å²) in [5, 5.41) is 20.3. The first-order chi connectivity index (χ1) is 7.09. The third-order valence-corrected chi connectivity index (χ3v) is 1.41. The zero-order valence-electron chi connectivity index (χ0n) is 8.03. The third-order valence-electron chi connectivity index (χ3n) is 1.41. The fraction of sp³-hybridized carbons (Fsp3) is 0.714. The average Bonchev–Trinajstić information content (AvgIpc) is 2.15. The van der Waals surface area contributed by atoms with Crippen molar-refractivity contribution >= 4 is 0 Å². The van der Waals surface area contributed by atoms with Crippen LogP contribution in [0.1, 0.15) is 6.42 Å². The van der Waals surface area contributed by atoms with E-state index in [9.17, 15) is 20.2 Å². The molecule has 8 nitrogen and oxygen atoms in total. The molecule has 0 unspecified atom stereocenters. The fourth-order valence-electron chi connectivity index (χ4n) is 0.726. The van der Waals surface area contributed by atoms with Crippen LogP contribution in [0.15, 0.2) is 12.7 Å². The Hall–Kier alpha value is -1.54. The molecule has 0 bridgehead atoms. The average molecular weight is 220 g/mol. The van der Waals surface area contributed by atoms with Crippen molar-refractivity contribution in [3.63, 3.8) is 0 Å². The first kappa shape index (κ1) is 13.5. The predicted molar refractivity (Wildman–Crippen MR) is 49.4 cm³/mol. The maximum Gasteiger partial charge on any atom is 0.453 e. The minimum absolute atomic E-state index is 0.0613. The smallest absolute Gasteiger partial charge is 0.355 e. The topological polar surface area (TPSA) is 105 Å². The third kappa shape index (κ3) is 6.52. The summed E-state index contributed by atoms with van der Waals surface area (Å²) in [5.41, 5.74) is 0. The molecule has 0 aliphatic rings. The number of nitro groups is 2. The molecule has 0 heterocycles. The summed E-state index contributed by atoms with van der Waals surface area (Å²) >= 11 is 0. The molecule has 0 saturated heterocycles. The largest absolute Gasteiger partial charge is 0.453 e. The SMILES string of the molecule is C=CCOCOCCC([N+](=O)[O-])[N+](=O)[O-]. The molecule has 0 spiro atoms. The van der Waals surface area contributed by atoms with Gasteiger partial charge in [-0.3, -0.25) is 20.2 Å². The lowest BCUT2D eigenvalue weighted by Gasteiger charge is -2.04. The van der Waals surface area contributed by atoms with Crippen molar-refractivity contribution in [2.24, 2.45) is 0 Å². The van der Waals surface area contributed by atoms with E-state index in [-0.39, 0.29) is 19.8 Å². The summed E-state index contributed by atoms with van der Waals surface area (Å²) in [7, 11) is 0. The molecule has 0 radical (unpaired) electrons. The lowest BCUT2D eigenvalue weighted by Crippen LogP contribution is -2.30. The van der Waals surface area contributed by atoms with E-state index in [1.165, 1.54) is 6.08 Å². The predicted octanol–water partition coefficient (Wildman–Crippen LogP) is 0.433. The van der Waals surface area contributed by atoms with Crippen molar-refractivity contribution < 1.29 is 19.3 Å². The molecule has 0 atom stereocenters. The maximum absolute atomic E-state index is 10.2. The second-order valence-electron chi connectivity index (χ2n) is 2.53. The van der Waals surface area contributed by atoms with Gasteiger partial charge in [0.05, 0.1) is 23.1 Å². The molecule has 15 heavy (non-hydrogen) atoms. The van der Waals surface area contributed by atoms with E-state index in [0.717, 1.165) is 0 Å². The molecule has 8 heteroatoms. The Labute approximate surface area is 85.8 Å². The van der Waals surface area contributed by atoms with Crippen LogP contribution >= 0.6 is 0 Å². The van der Waals surface area contributed by atoms with Gasteiger partial charge in [-0.25, -0.2) is 0 Å². The van der Waals surface area contributed by atoms with Crippen LogP contribution in [0.25, 0.3) is 0 Å². The van der Waals surface area contributed by atoms with E-state index in [0.29, 0.717) is 6.61 Å². The molecule has 0 aliphatic heterocycles. The summed E-state index contributed by atoms with van der Waals surface area (Å²) < 4.78 is 9.59. The molecule has 86 valence electrons. The Balaban J connectivity index is 3.59. The Kier molecular flexibility index (Phi) is 7.02. The van der Waals surface area contributed by atoms with Gasteiger partial charge in [0.2, 0.25) is 0 Å². The van der Waals surface area contributed by atoms with E-state index in [1.54, 1.807) is 0 Å². The van der Waals surface area contributed by atoms with Gasteiger partial charge in [0.25, 0.3) is 0 Å². The highest BCUT2D eigenvalue weighted by molar-refractivity contribution is 4.62. The summed E-state index contributed by atoms with van der Waals surface area (Å²) in [4.78, 5) is 18.4. The van der Waals surface area contributed by atoms with E-state index < -0.39 is 16.0 Å². The molecular weight excluding hydrogens is 208 g/mol. The molecule has 0 N–H and O–H groups in total. The number of ether oxygens (including phenoxy) is 2. The Bertz CT molecular complexity index is 218. The first-order valence-corrected chi connectivity index (χ1v) is 4.13. The number of hydrogen-bond acceptors (Lipinski definition) is 6. The van der Waals surface area contributed by atoms with E-state index in [4.69, 9.17) is 9.47 Å². The van der Waals surface area contributed by atoms with Crippen LogP contribution in [-0.2, 0) is 9.47 Å². The molecule has 0 fully saturated rings. The lowest BCUT2D eigenvalue weighted by molar-refractivity contribution is -0.743. The molecule has 0 saturated carbocycles. The van der Waals surface area contributed by atoms with Gasteiger partial charge in [-0.05, 0) is 0 Å². The normalized spacial score (nSPS) is 10.2. The standard InChI is InChI=1S/C7H12N2O6/c1-2-4-14-6-15-5-3-7(8(10)11)9(12)13/h2,7H,1,3-6H2. The van der Waals surface area contributed by atoms with Gasteiger partial charge in [0, 0.05) is 0 Å². The first-order valence-electron chi connectivity index (χ1n) is 4.13. The highest BCUT2D eigenvalue weighted by atomic mass is 16.7. The van der Waals surface area contributed by atoms with Gasteiger partial charge >= 0.3 is 6.17 Å². The van der Waals surface area contributed by atoms with Crippen molar-refractivity contribution in [2.45, 2.75) is 12.6 Å². The van der Waals surface area contributed by atoms with Gasteiger partial charge < -0.3 is 9.47 Å². The molecular formula is C7H12N2O6. The Morgan fingerprint density at radius 3 is 2.33 bits per heavy atom. The van der Waals surface area contributed by atoms with Gasteiger partial charge in [-0.1, -0.05) is 6.08 Å². The van der Waals surface area contributed by atoms with Gasteiger partial charge in [0.15, 0.2) is 0 Å². The van der Waals surface area contributed by atoms with Gasteiger partial charge in [-0.2, -0.15) is 0 Å². The van der Waals surface area contributed by atoms with Gasteiger partial charge in [-0.15, -0.1) is 6.58 Å². The monoisotopic (exact) mass is 220 g/mol. The summed E-state index contributed by atoms with van der Waals surface area (Å²) in [6.45, 7) is 3.54. The van der Waals surface area contributed by atoms with E-state index in [2.05, 4.69) is 6.58 Å². The molecule has 0 aromatic rings. The van der Waals surface area contributed by atoms with Crippen LogP contribution in [0.4, 0.5) is 0 Å². The van der Waals surface area contributed by atoms with Crippen molar-refractivity contribution in [3.8, 4) is 0 Å². The molecule has 0 aliphatic carbocycles. The molecule has 0 rings (SSSR count). The van der Waals surface area contributed by atoms with Crippen molar-refractivity contribution in [2.75, 3.05) is 20.0 Å². The van der Waals surface area contributed by atoms with Crippen molar-refractivity contribution in [1.82, 2.24) is 0 Å². The van der Waals surface area contributed by atoms with E-state index >= 15 is 0 Å². The van der Waals surface area contributed by atoms with Crippen LogP contribution in [0.5, 0.6) is 0 Å². The lowest BCUT2D eigenvalue weighted by atomic mass is 10.4. The van der Waals surface area contributed by atoms with E-state index in [1.807, 2.05) is 0 Å². The van der Waals surface area contributed by atoms with Crippen LogP contribution < -0.4 is 0 Å². The molecule has 0 aromatic carbocycles. The number of nitrogens with zero attached hydrogens (tertiary/aromatic N) is 2. The van der Waals surface area contributed by atoms with Crippen molar-refractivity contribution in [3.05, 3.63) is 32.9 Å². The van der Waals surface area contributed by atoms with Crippen LogP contribution in [0.2, 0.25) is 0 Å². The minimum Gasteiger partial charge on any atom is -0.355 e. The summed E-state index contributed by atoms with van der Waals surface area (Å²) in [6.07, 6.45) is -0.582. The number of rotatable bonds is 9. The molecule has 0 aromatic heterocycles. The van der Waals surface area contributed by atoms with Crippen molar-refractivity contribution in [1.29, 1.82) is 0 Å². The van der Waals surface area contributed by atoms with Gasteiger partial charge in [0.1, 0.15) is 13.2 Å². The zero-order valence-corrected chi connectivity index (χ0v) is 8.03. The second kappa shape index (κ2) is 7.83. The summed E-state index contributed by atoms with van der Waals surface area (Å²) in [6, 6.07) is 0. The van der Waals surface area contributed by atoms with Crippen LogP contribution in [-0.4, -0.2) is 36.0 Å². The highest BCUT2D eigenvalue weighted by Crippen LogP contribution is 1.98. The Morgan fingerprint density at radius 2 is 1.87 bits per heavy atom. The molecule has 0 amide bonds. The Morgan fingerprint density at radius 1 is 1.27 bits per heavy atom. The van der Waals surface area contributed by atoms with Crippen LogP contribution in [0.3, 0.4) is 0 Å². The second-order valence-corrected chi connectivity index (χ2v) is 2.53.